The van der Waals surface area contributed by atoms with Crippen LogP contribution in [0.15, 0.2) is 0 Å². The smallest absolute Gasteiger partial charge is 0.233 e. The van der Waals surface area contributed by atoms with Gasteiger partial charge < -0.3 is 10.6 Å². The number of carbonyl (C=O) groups excluding carboxylic acids is 1. The highest BCUT2D eigenvalue weighted by Crippen LogP contribution is 2.33. The molecule has 0 radical (unpaired) electrons. The van der Waals surface area contributed by atoms with Crippen molar-refractivity contribution < 1.29 is 4.79 Å². The molecule has 1 fully saturated rings. The molecule has 0 aromatic rings. The first-order chi connectivity index (χ1) is 7.92. The Morgan fingerprint density at radius 2 is 2.18 bits per heavy atom. The van der Waals surface area contributed by atoms with Crippen molar-refractivity contribution in [3.05, 3.63) is 0 Å². The van der Waals surface area contributed by atoms with Gasteiger partial charge >= 0.3 is 0 Å². The van der Waals surface area contributed by atoms with E-state index in [0.29, 0.717) is 23.9 Å². The molecule has 0 bridgehead atoms. The van der Waals surface area contributed by atoms with E-state index < -0.39 is 0 Å². The molecule has 2 N–H and O–H groups in total. The summed E-state index contributed by atoms with van der Waals surface area (Å²) >= 11 is 1.98. The van der Waals surface area contributed by atoms with Crippen LogP contribution in [0.5, 0.6) is 0 Å². The second-order valence-electron chi connectivity index (χ2n) is 5.94. The monoisotopic (exact) mass is 258 g/mol. The van der Waals surface area contributed by atoms with Crippen LogP contribution in [0, 0.1) is 11.3 Å². The molecule has 0 aliphatic carbocycles. The Balaban J connectivity index is 2.27. The molecule has 1 unspecified atom stereocenters. The summed E-state index contributed by atoms with van der Waals surface area (Å²) in [6, 6.07) is 0.450. The van der Waals surface area contributed by atoms with Crippen molar-refractivity contribution in [3.63, 3.8) is 0 Å². The average Bonchev–Trinajstić information content (AvgIpc) is 2.24. The van der Waals surface area contributed by atoms with Crippen molar-refractivity contribution in [3.8, 4) is 0 Å². The maximum Gasteiger partial charge on any atom is 0.233 e. The lowest BCUT2D eigenvalue weighted by Crippen LogP contribution is -2.49. The fraction of sp³-hybridized carbons (Fsp3) is 0.923. The molecule has 1 amide bonds. The molecule has 0 saturated carbocycles. The number of nitrogens with one attached hydrogen (secondary N) is 2. The van der Waals surface area contributed by atoms with Gasteiger partial charge in [0.1, 0.15) is 0 Å². The maximum absolute atomic E-state index is 11.6. The Hall–Kier alpha value is -0.220. The molecule has 4 heteroatoms. The molecule has 17 heavy (non-hydrogen) atoms. The lowest BCUT2D eigenvalue weighted by atomic mass is 9.82. The van der Waals surface area contributed by atoms with Crippen LogP contribution in [0.3, 0.4) is 0 Å². The third-order valence-electron chi connectivity index (χ3n) is 3.34. The van der Waals surface area contributed by atoms with E-state index in [1.165, 1.54) is 12.2 Å². The van der Waals surface area contributed by atoms with E-state index in [-0.39, 0.29) is 5.91 Å². The molecule has 1 saturated heterocycles. The summed E-state index contributed by atoms with van der Waals surface area (Å²) < 4.78 is 0. The first kappa shape index (κ1) is 14.8. The van der Waals surface area contributed by atoms with Gasteiger partial charge in [-0.3, -0.25) is 4.79 Å². The number of rotatable bonds is 5. The van der Waals surface area contributed by atoms with E-state index in [2.05, 4.69) is 38.3 Å². The summed E-state index contributed by atoms with van der Waals surface area (Å²) in [5, 5.41) is 6.34. The number of hydrogen-bond acceptors (Lipinski definition) is 3. The summed E-state index contributed by atoms with van der Waals surface area (Å²) in [5.41, 5.74) is 0.309. The predicted octanol–water partition coefficient (Wildman–Crippen LogP) is 1.88. The third kappa shape index (κ3) is 5.30. The van der Waals surface area contributed by atoms with E-state index in [1.54, 1.807) is 0 Å². The summed E-state index contributed by atoms with van der Waals surface area (Å²) in [7, 11) is 0. The van der Waals surface area contributed by atoms with E-state index in [4.69, 9.17) is 0 Å². The van der Waals surface area contributed by atoms with Gasteiger partial charge in [-0.1, -0.05) is 27.7 Å². The van der Waals surface area contributed by atoms with Crippen LogP contribution < -0.4 is 10.6 Å². The van der Waals surface area contributed by atoms with Gasteiger partial charge in [0.2, 0.25) is 5.91 Å². The quantitative estimate of drug-likeness (QED) is 0.791. The summed E-state index contributed by atoms with van der Waals surface area (Å²) in [6.07, 6.45) is 1.23. The predicted molar refractivity (Wildman–Crippen MR) is 75.4 cm³/mol. The molecular weight excluding hydrogens is 232 g/mol. The van der Waals surface area contributed by atoms with E-state index >= 15 is 0 Å². The van der Waals surface area contributed by atoms with E-state index in [1.807, 2.05) is 11.8 Å². The Morgan fingerprint density at radius 3 is 2.76 bits per heavy atom. The zero-order valence-corrected chi connectivity index (χ0v) is 12.3. The minimum Gasteiger partial charge on any atom is -0.355 e. The van der Waals surface area contributed by atoms with Gasteiger partial charge in [-0.25, -0.2) is 0 Å². The molecule has 100 valence electrons. The number of carbonyl (C=O) groups is 1. The minimum absolute atomic E-state index is 0.116. The van der Waals surface area contributed by atoms with Gasteiger partial charge in [-0.15, -0.1) is 0 Å². The van der Waals surface area contributed by atoms with Gasteiger partial charge in [-0.2, -0.15) is 11.8 Å². The second kappa shape index (κ2) is 6.64. The molecule has 1 heterocycles. The highest BCUT2D eigenvalue weighted by molar-refractivity contribution is 7.99. The number of amides is 1. The van der Waals surface area contributed by atoms with Crippen LogP contribution in [0.25, 0.3) is 0 Å². The Kier molecular flexibility index (Phi) is 5.80. The van der Waals surface area contributed by atoms with Crippen LogP contribution >= 0.6 is 11.8 Å². The molecule has 0 aromatic heterocycles. The Bertz CT molecular complexity index is 254. The van der Waals surface area contributed by atoms with Crippen molar-refractivity contribution >= 4 is 17.7 Å². The SMILES string of the molecule is CC(C)CNC(=O)CNC1CSCCC1(C)C. The van der Waals surface area contributed by atoms with Gasteiger partial charge in [0.15, 0.2) is 0 Å². The number of thioether (sulfide) groups is 1. The van der Waals surface area contributed by atoms with Crippen molar-refractivity contribution in [1.29, 1.82) is 0 Å². The van der Waals surface area contributed by atoms with Crippen LogP contribution in [0.4, 0.5) is 0 Å². The van der Waals surface area contributed by atoms with E-state index in [9.17, 15) is 4.79 Å². The zero-order chi connectivity index (χ0) is 12.9. The summed E-state index contributed by atoms with van der Waals surface area (Å²) in [4.78, 5) is 11.6. The Morgan fingerprint density at radius 1 is 1.47 bits per heavy atom. The molecule has 1 atom stereocenters. The fourth-order valence-corrected chi connectivity index (χ4v) is 3.51. The summed E-state index contributed by atoms with van der Waals surface area (Å²) in [6.45, 7) is 10.0. The van der Waals surface area contributed by atoms with Crippen LogP contribution in [-0.4, -0.2) is 36.5 Å². The highest BCUT2D eigenvalue weighted by atomic mass is 32.2. The number of hydrogen-bond donors (Lipinski definition) is 2. The fourth-order valence-electron chi connectivity index (χ4n) is 1.87. The molecule has 1 rings (SSSR count). The van der Waals surface area contributed by atoms with Crippen LogP contribution in [0.1, 0.15) is 34.1 Å². The van der Waals surface area contributed by atoms with Crippen molar-refractivity contribution in [2.24, 2.45) is 11.3 Å². The highest BCUT2D eigenvalue weighted by Gasteiger charge is 2.32. The first-order valence-electron chi connectivity index (χ1n) is 6.49. The topological polar surface area (TPSA) is 41.1 Å². The van der Waals surface area contributed by atoms with Crippen LogP contribution in [-0.2, 0) is 4.79 Å². The van der Waals surface area contributed by atoms with Gasteiger partial charge in [0, 0.05) is 18.3 Å². The van der Waals surface area contributed by atoms with Gasteiger partial charge in [-0.05, 0) is 23.5 Å². The minimum atomic E-state index is 0.116. The van der Waals surface area contributed by atoms with Crippen molar-refractivity contribution in [2.45, 2.75) is 40.2 Å². The lowest BCUT2D eigenvalue weighted by Gasteiger charge is -2.38. The van der Waals surface area contributed by atoms with Gasteiger partial charge in [0.25, 0.3) is 0 Å². The van der Waals surface area contributed by atoms with Gasteiger partial charge in [0.05, 0.1) is 6.54 Å². The first-order valence-corrected chi connectivity index (χ1v) is 7.65. The largest absolute Gasteiger partial charge is 0.355 e. The molecule has 3 nitrogen and oxygen atoms in total. The summed E-state index contributed by atoms with van der Waals surface area (Å²) in [5.74, 6) is 2.99. The normalized spacial score (nSPS) is 23.7. The lowest BCUT2D eigenvalue weighted by molar-refractivity contribution is -0.120. The standard InChI is InChI=1S/C13H26N2OS/c1-10(2)7-15-12(16)8-14-11-9-17-6-5-13(11,3)4/h10-11,14H,5-9H2,1-4H3,(H,15,16). The van der Waals surface area contributed by atoms with Crippen molar-refractivity contribution in [1.82, 2.24) is 10.6 Å². The molecule has 1 aliphatic heterocycles. The van der Waals surface area contributed by atoms with Crippen LogP contribution in [0.2, 0.25) is 0 Å². The molecular formula is C13H26N2OS. The third-order valence-corrected chi connectivity index (χ3v) is 4.40. The maximum atomic E-state index is 11.6. The molecule has 0 aromatic carbocycles. The zero-order valence-electron chi connectivity index (χ0n) is 11.5. The average molecular weight is 258 g/mol. The molecule has 1 aliphatic rings. The van der Waals surface area contributed by atoms with E-state index in [0.717, 1.165) is 12.3 Å². The molecule has 0 spiro atoms. The Labute approximate surface area is 109 Å². The second-order valence-corrected chi connectivity index (χ2v) is 7.09. The van der Waals surface area contributed by atoms with Crippen molar-refractivity contribution in [2.75, 3.05) is 24.6 Å².